The van der Waals surface area contributed by atoms with Crippen LogP contribution in [-0.2, 0) is 9.84 Å². The Morgan fingerprint density at radius 1 is 1.18 bits per heavy atom. The van der Waals surface area contributed by atoms with E-state index in [1.165, 1.54) is 0 Å². The summed E-state index contributed by atoms with van der Waals surface area (Å²) < 4.78 is 24.2. The molecule has 2 aromatic rings. The molecule has 0 aliphatic rings. The molecule has 1 heterocycles. The van der Waals surface area contributed by atoms with Gasteiger partial charge >= 0.3 is 0 Å². The summed E-state index contributed by atoms with van der Waals surface area (Å²) in [6.07, 6.45) is 0.467. The molecule has 0 saturated heterocycles. The van der Waals surface area contributed by atoms with E-state index in [2.05, 4.69) is 10.3 Å². The maximum Gasteiger partial charge on any atom is 0.178 e. The van der Waals surface area contributed by atoms with Crippen LogP contribution in [0, 0.1) is 18.3 Å². The number of sulfone groups is 1. The molecule has 6 heteroatoms. The van der Waals surface area contributed by atoms with Gasteiger partial charge in [-0.1, -0.05) is 24.3 Å². The van der Waals surface area contributed by atoms with Crippen LogP contribution in [0.15, 0.2) is 47.4 Å². The first-order valence-electron chi connectivity index (χ1n) is 6.92. The van der Waals surface area contributed by atoms with Crippen LogP contribution in [0.5, 0.6) is 0 Å². The van der Waals surface area contributed by atoms with Crippen molar-refractivity contribution in [2.75, 3.05) is 17.6 Å². The van der Waals surface area contributed by atoms with Crippen molar-refractivity contribution in [3.63, 3.8) is 0 Å². The minimum atomic E-state index is -3.25. The van der Waals surface area contributed by atoms with Gasteiger partial charge < -0.3 is 5.32 Å². The number of hydrogen-bond acceptors (Lipinski definition) is 5. The number of pyridine rings is 1. The van der Waals surface area contributed by atoms with Crippen molar-refractivity contribution in [3.8, 4) is 6.07 Å². The number of aryl methyl sites for hydroxylation is 1. The quantitative estimate of drug-likeness (QED) is 0.828. The average molecular weight is 315 g/mol. The summed E-state index contributed by atoms with van der Waals surface area (Å²) in [5, 5.41) is 12.0. The Kier molecular flexibility index (Phi) is 5.12. The fraction of sp³-hybridized carbons (Fsp3) is 0.250. The lowest BCUT2D eigenvalue weighted by Gasteiger charge is -2.07. The number of hydrogen-bond donors (Lipinski definition) is 1. The van der Waals surface area contributed by atoms with E-state index >= 15 is 0 Å². The molecule has 5 nitrogen and oxygen atoms in total. The molecule has 0 radical (unpaired) electrons. The Morgan fingerprint density at radius 2 is 1.91 bits per heavy atom. The van der Waals surface area contributed by atoms with Gasteiger partial charge in [0.05, 0.1) is 10.6 Å². The summed E-state index contributed by atoms with van der Waals surface area (Å²) in [5.74, 6) is 0.653. The van der Waals surface area contributed by atoms with Crippen LogP contribution in [-0.4, -0.2) is 25.7 Å². The molecule has 0 unspecified atom stereocenters. The first kappa shape index (κ1) is 16.0. The van der Waals surface area contributed by atoms with E-state index in [0.717, 1.165) is 5.56 Å². The van der Waals surface area contributed by atoms with Crippen molar-refractivity contribution in [1.82, 2.24) is 4.98 Å². The van der Waals surface area contributed by atoms with Gasteiger partial charge in [-0.05, 0) is 37.1 Å². The van der Waals surface area contributed by atoms with Crippen LogP contribution in [0.3, 0.4) is 0 Å². The zero-order valence-corrected chi connectivity index (χ0v) is 13.1. The van der Waals surface area contributed by atoms with E-state index < -0.39 is 9.84 Å². The lowest BCUT2D eigenvalue weighted by Crippen LogP contribution is -2.12. The van der Waals surface area contributed by atoms with Crippen molar-refractivity contribution in [2.24, 2.45) is 0 Å². The van der Waals surface area contributed by atoms with Gasteiger partial charge in [0.25, 0.3) is 0 Å². The number of anilines is 1. The smallest absolute Gasteiger partial charge is 0.178 e. The van der Waals surface area contributed by atoms with E-state index in [1.54, 1.807) is 36.4 Å². The van der Waals surface area contributed by atoms with Crippen molar-refractivity contribution in [3.05, 3.63) is 53.7 Å². The Bertz CT molecular complexity index is 781. The predicted octanol–water partition coefficient (Wildman–Crippen LogP) is 2.54. The highest BCUT2D eigenvalue weighted by Gasteiger charge is 2.13. The fourth-order valence-corrected chi connectivity index (χ4v) is 3.30. The molecule has 0 aliphatic heterocycles. The van der Waals surface area contributed by atoms with Crippen molar-refractivity contribution in [1.29, 1.82) is 5.26 Å². The van der Waals surface area contributed by atoms with E-state index in [0.29, 0.717) is 29.4 Å². The molecule has 0 bridgehead atoms. The largest absolute Gasteiger partial charge is 0.370 e. The third-order valence-electron chi connectivity index (χ3n) is 3.20. The van der Waals surface area contributed by atoms with E-state index in [9.17, 15) is 8.42 Å². The first-order valence-corrected chi connectivity index (χ1v) is 8.57. The zero-order chi connectivity index (χ0) is 16.0. The summed E-state index contributed by atoms with van der Waals surface area (Å²) in [6, 6.07) is 14.0. The van der Waals surface area contributed by atoms with Crippen molar-refractivity contribution >= 4 is 15.7 Å². The van der Waals surface area contributed by atoms with Gasteiger partial charge in [0.2, 0.25) is 0 Å². The van der Waals surface area contributed by atoms with Crippen LogP contribution in [0.25, 0.3) is 0 Å². The number of nitrogens with zero attached hydrogens (tertiary/aromatic N) is 2. The molecule has 22 heavy (non-hydrogen) atoms. The summed E-state index contributed by atoms with van der Waals surface area (Å²) in [7, 11) is -3.25. The van der Waals surface area contributed by atoms with Gasteiger partial charge in [-0.25, -0.2) is 13.4 Å². The van der Waals surface area contributed by atoms with Gasteiger partial charge in [-0.3, -0.25) is 0 Å². The number of nitrogens with one attached hydrogen (secondary N) is 1. The molecule has 114 valence electrons. The molecule has 1 N–H and O–H groups in total. The number of benzene rings is 1. The lowest BCUT2D eigenvalue weighted by molar-refractivity contribution is 0.594. The van der Waals surface area contributed by atoms with Gasteiger partial charge in [0, 0.05) is 6.54 Å². The maximum atomic E-state index is 12.1. The molecule has 0 amide bonds. The summed E-state index contributed by atoms with van der Waals surface area (Å²) >= 11 is 0. The highest BCUT2D eigenvalue weighted by Crippen LogP contribution is 2.12. The normalized spacial score (nSPS) is 10.9. The standard InChI is InChI=1S/C16H17N3O2S/c1-13-8-9-16(19-15(13)12-17)18-10-5-11-22(20,21)14-6-3-2-4-7-14/h2-4,6-9H,5,10-11H2,1H3,(H,18,19). The van der Waals surface area contributed by atoms with E-state index in [4.69, 9.17) is 5.26 Å². The SMILES string of the molecule is Cc1ccc(NCCCS(=O)(=O)c2ccccc2)nc1C#N. The molecular formula is C16H17N3O2S. The third-order valence-corrected chi connectivity index (χ3v) is 5.02. The Labute approximate surface area is 130 Å². The number of aromatic nitrogens is 1. The molecule has 0 aliphatic carbocycles. The Balaban J connectivity index is 1.89. The number of rotatable bonds is 6. The maximum absolute atomic E-state index is 12.1. The van der Waals surface area contributed by atoms with Gasteiger partial charge in [-0.15, -0.1) is 0 Å². The van der Waals surface area contributed by atoms with Crippen LogP contribution in [0.1, 0.15) is 17.7 Å². The summed E-state index contributed by atoms with van der Waals surface area (Å²) in [4.78, 5) is 4.50. The zero-order valence-electron chi connectivity index (χ0n) is 12.3. The third kappa shape index (κ3) is 4.06. The highest BCUT2D eigenvalue weighted by molar-refractivity contribution is 7.91. The molecular weight excluding hydrogens is 298 g/mol. The predicted molar refractivity (Wildman–Crippen MR) is 85.3 cm³/mol. The van der Waals surface area contributed by atoms with Crippen molar-refractivity contribution in [2.45, 2.75) is 18.2 Å². The highest BCUT2D eigenvalue weighted by atomic mass is 32.2. The second-order valence-corrected chi connectivity index (χ2v) is 7.00. The Morgan fingerprint density at radius 3 is 2.59 bits per heavy atom. The summed E-state index contributed by atoms with van der Waals surface area (Å²) in [5.41, 5.74) is 1.20. The minimum Gasteiger partial charge on any atom is -0.370 e. The second kappa shape index (κ2) is 7.05. The average Bonchev–Trinajstić information content (AvgIpc) is 2.54. The van der Waals surface area contributed by atoms with Crippen molar-refractivity contribution < 1.29 is 8.42 Å². The number of nitriles is 1. The van der Waals surface area contributed by atoms with Crippen LogP contribution < -0.4 is 5.32 Å². The monoisotopic (exact) mass is 315 g/mol. The molecule has 0 spiro atoms. The lowest BCUT2D eigenvalue weighted by atomic mass is 10.2. The molecule has 1 aromatic heterocycles. The summed E-state index contributed by atoms with van der Waals surface area (Å²) in [6.45, 7) is 2.30. The molecule has 0 atom stereocenters. The van der Waals surface area contributed by atoms with E-state index in [-0.39, 0.29) is 5.75 Å². The topological polar surface area (TPSA) is 82.8 Å². The van der Waals surface area contributed by atoms with Gasteiger partial charge in [-0.2, -0.15) is 5.26 Å². The molecule has 0 saturated carbocycles. The van der Waals surface area contributed by atoms with Crippen LogP contribution in [0.4, 0.5) is 5.82 Å². The molecule has 0 fully saturated rings. The van der Waals surface area contributed by atoms with E-state index in [1.807, 2.05) is 19.1 Å². The van der Waals surface area contributed by atoms with Crippen LogP contribution >= 0.6 is 0 Å². The first-order chi connectivity index (χ1) is 10.5. The Hall–Kier alpha value is -2.39. The van der Waals surface area contributed by atoms with Gasteiger partial charge in [0.1, 0.15) is 17.6 Å². The molecule has 2 rings (SSSR count). The van der Waals surface area contributed by atoms with Crippen LogP contribution in [0.2, 0.25) is 0 Å². The second-order valence-electron chi connectivity index (χ2n) is 4.89. The fourth-order valence-electron chi connectivity index (χ4n) is 1.96. The van der Waals surface area contributed by atoms with Gasteiger partial charge in [0.15, 0.2) is 9.84 Å². The molecule has 1 aromatic carbocycles. The minimum absolute atomic E-state index is 0.0704.